The molecule has 0 unspecified atom stereocenters. The summed E-state index contributed by atoms with van der Waals surface area (Å²) in [7, 11) is 0. The number of rotatable bonds is 3. The van der Waals surface area contributed by atoms with Crippen LogP contribution in [0.3, 0.4) is 0 Å². The zero-order chi connectivity index (χ0) is 12.0. The molecule has 0 radical (unpaired) electrons. The molecule has 1 aromatic heterocycles. The molecule has 17 heavy (non-hydrogen) atoms. The highest BCUT2D eigenvalue weighted by Crippen LogP contribution is 2.36. The summed E-state index contributed by atoms with van der Waals surface area (Å²) in [5.74, 6) is 0. The molecule has 94 valence electrons. The van der Waals surface area contributed by atoms with E-state index in [4.69, 9.17) is 5.73 Å². The van der Waals surface area contributed by atoms with E-state index < -0.39 is 0 Å². The fourth-order valence-electron chi connectivity index (χ4n) is 3.04. The molecule has 1 fully saturated rings. The summed E-state index contributed by atoms with van der Waals surface area (Å²) in [5, 5.41) is 0. The molecule has 1 aromatic rings. The highest BCUT2D eigenvalue weighted by Gasteiger charge is 2.28. The Hall–Kier alpha value is -0.890. The minimum absolute atomic E-state index is 0.349. The van der Waals surface area contributed by atoms with E-state index in [2.05, 4.69) is 17.1 Å². The van der Waals surface area contributed by atoms with Gasteiger partial charge in [0.15, 0.2) is 0 Å². The second kappa shape index (κ2) is 6.15. The molecule has 1 aliphatic carbocycles. The van der Waals surface area contributed by atoms with Crippen molar-refractivity contribution >= 4 is 0 Å². The quantitative estimate of drug-likeness (QED) is 0.868. The van der Waals surface area contributed by atoms with Crippen molar-refractivity contribution in [2.45, 2.75) is 51.4 Å². The van der Waals surface area contributed by atoms with Gasteiger partial charge in [-0.2, -0.15) is 0 Å². The number of hydrogen-bond acceptors (Lipinski definition) is 2. The van der Waals surface area contributed by atoms with Gasteiger partial charge in [-0.3, -0.25) is 4.98 Å². The predicted molar refractivity (Wildman–Crippen MR) is 71.7 cm³/mol. The zero-order valence-electron chi connectivity index (χ0n) is 10.7. The van der Waals surface area contributed by atoms with Gasteiger partial charge in [-0.05, 0) is 48.9 Å². The Balaban J connectivity index is 2.06. The fourth-order valence-corrected chi connectivity index (χ4v) is 3.04. The molecule has 0 aliphatic heterocycles. The summed E-state index contributed by atoms with van der Waals surface area (Å²) in [4.78, 5) is 4.09. The summed E-state index contributed by atoms with van der Waals surface area (Å²) < 4.78 is 0. The minimum Gasteiger partial charge on any atom is -0.330 e. The molecule has 0 bridgehead atoms. The van der Waals surface area contributed by atoms with Crippen molar-refractivity contribution in [1.82, 2.24) is 4.98 Å². The third-order valence-corrected chi connectivity index (χ3v) is 4.18. The summed E-state index contributed by atoms with van der Waals surface area (Å²) in [6.07, 6.45) is 14.4. The van der Waals surface area contributed by atoms with Crippen LogP contribution in [-0.4, -0.2) is 11.5 Å². The van der Waals surface area contributed by atoms with Crippen molar-refractivity contribution in [1.29, 1.82) is 0 Å². The Bertz CT molecular complexity index is 313. The van der Waals surface area contributed by atoms with Crippen LogP contribution in [0.25, 0.3) is 0 Å². The number of hydrogen-bond donors (Lipinski definition) is 1. The summed E-state index contributed by atoms with van der Waals surface area (Å²) in [5.41, 5.74) is 7.83. The average molecular weight is 232 g/mol. The van der Waals surface area contributed by atoms with E-state index in [0.717, 1.165) is 13.0 Å². The molecule has 0 atom stereocenters. The number of nitrogens with two attached hydrogens (primary N) is 1. The first-order chi connectivity index (χ1) is 8.35. The lowest BCUT2D eigenvalue weighted by molar-refractivity contribution is 0.217. The van der Waals surface area contributed by atoms with Gasteiger partial charge in [0.25, 0.3) is 0 Å². The predicted octanol–water partition coefficient (Wildman–Crippen LogP) is 3.31. The van der Waals surface area contributed by atoms with Crippen LogP contribution in [0, 0.1) is 5.41 Å². The van der Waals surface area contributed by atoms with Gasteiger partial charge in [0.2, 0.25) is 0 Å². The maximum absolute atomic E-state index is 6.09. The van der Waals surface area contributed by atoms with E-state index in [9.17, 15) is 0 Å². The number of pyridine rings is 1. The van der Waals surface area contributed by atoms with E-state index in [1.54, 1.807) is 0 Å². The van der Waals surface area contributed by atoms with Crippen molar-refractivity contribution in [3.63, 3.8) is 0 Å². The first-order valence-corrected chi connectivity index (χ1v) is 6.94. The lowest BCUT2D eigenvalue weighted by Crippen LogP contribution is -2.33. The van der Waals surface area contributed by atoms with Crippen LogP contribution < -0.4 is 5.73 Å². The topological polar surface area (TPSA) is 38.9 Å². The van der Waals surface area contributed by atoms with E-state index in [0.29, 0.717) is 5.41 Å². The zero-order valence-corrected chi connectivity index (χ0v) is 10.7. The van der Waals surface area contributed by atoms with E-state index in [1.165, 1.54) is 50.5 Å². The van der Waals surface area contributed by atoms with Gasteiger partial charge in [0.1, 0.15) is 0 Å². The van der Waals surface area contributed by atoms with Crippen LogP contribution in [0.15, 0.2) is 24.5 Å². The molecule has 1 aliphatic rings. The van der Waals surface area contributed by atoms with Crippen molar-refractivity contribution in [2.75, 3.05) is 6.54 Å². The van der Waals surface area contributed by atoms with Crippen molar-refractivity contribution < 1.29 is 0 Å². The number of aromatic nitrogens is 1. The van der Waals surface area contributed by atoms with E-state index in [1.807, 2.05) is 12.4 Å². The molecular weight excluding hydrogens is 208 g/mol. The highest BCUT2D eigenvalue weighted by molar-refractivity contribution is 5.12. The van der Waals surface area contributed by atoms with Crippen LogP contribution in [0.1, 0.15) is 50.5 Å². The first-order valence-electron chi connectivity index (χ1n) is 6.94. The van der Waals surface area contributed by atoms with E-state index in [-0.39, 0.29) is 0 Å². The smallest absolute Gasteiger partial charge is 0.0270 e. The Morgan fingerprint density at radius 3 is 2.18 bits per heavy atom. The van der Waals surface area contributed by atoms with E-state index >= 15 is 0 Å². The molecule has 1 saturated carbocycles. The van der Waals surface area contributed by atoms with Gasteiger partial charge in [-0.15, -0.1) is 0 Å². The number of nitrogens with zero attached hydrogens (tertiary/aromatic N) is 1. The van der Waals surface area contributed by atoms with Gasteiger partial charge < -0.3 is 5.73 Å². The normalized spacial score (nSPS) is 20.5. The third kappa shape index (κ3) is 3.53. The summed E-state index contributed by atoms with van der Waals surface area (Å²) in [6, 6.07) is 4.27. The van der Waals surface area contributed by atoms with Crippen LogP contribution >= 0.6 is 0 Å². The van der Waals surface area contributed by atoms with Crippen LogP contribution in [-0.2, 0) is 6.42 Å². The molecular formula is C15H24N2. The lowest BCUT2D eigenvalue weighted by atomic mass is 9.72. The second-order valence-corrected chi connectivity index (χ2v) is 5.50. The standard InChI is InChI=1S/C15H24N2/c16-13-15(8-4-2-1-3-5-9-15)12-14-6-10-17-11-7-14/h6-7,10-11H,1-5,8-9,12-13,16H2. The van der Waals surface area contributed by atoms with Crippen molar-refractivity contribution in [3.05, 3.63) is 30.1 Å². The molecule has 2 N–H and O–H groups in total. The Morgan fingerprint density at radius 1 is 1.00 bits per heavy atom. The van der Waals surface area contributed by atoms with Gasteiger partial charge in [0.05, 0.1) is 0 Å². The van der Waals surface area contributed by atoms with Crippen LogP contribution in [0.2, 0.25) is 0 Å². The molecule has 2 rings (SSSR count). The van der Waals surface area contributed by atoms with Gasteiger partial charge >= 0.3 is 0 Å². The molecule has 0 saturated heterocycles. The van der Waals surface area contributed by atoms with Gasteiger partial charge in [0, 0.05) is 12.4 Å². The Morgan fingerprint density at radius 2 is 1.59 bits per heavy atom. The largest absolute Gasteiger partial charge is 0.330 e. The average Bonchev–Trinajstić information content (AvgIpc) is 2.34. The lowest BCUT2D eigenvalue weighted by Gasteiger charge is -2.34. The minimum atomic E-state index is 0.349. The van der Waals surface area contributed by atoms with Crippen molar-refractivity contribution in [3.8, 4) is 0 Å². The molecule has 2 nitrogen and oxygen atoms in total. The molecule has 1 heterocycles. The Labute approximate surface area is 105 Å². The SMILES string of the molecule is NCC1(Cc2ccncc2)CCCCCCC1. The molecule has 0 aromatic carbocycles. The Kier molecular flexibility index (Phi) is 4.55. The monoisotopic (exact) mass is 232 g/mol. The van der Waals surface area contributed by atoms with Crippen LogP contribution in [0.4, 0.5) is 0 Å². The second-order valence-electron chi connectivity index (χ2n) is 5.50. The maximum atomic E-state index is 6.09. The van der Waals surface area contributed by atoms with Gasteiger partial charge in [-0.1, -0.05) is 32.1 Å². The molecule has 0 amide bonds. The maximum Gasteiger partial charge on any atom is 0.0270 e. The first kappa shape index (κ1) is 12.6. The fraction of sp³-hybridized carbons (Fsp3) is 0.667. The summed E-state index contributed by atoms with van der Waals surface area (Å²) >= 11 is 0. The van der Waals surface area contributed by atoms with Crippen LogP contribution in [0.5, 0.6) is 0 Å². The summed E-state index contributed by atoms with van der Waals surface area (Å²) in [6.45, 7) is 0.829. The molecule has 2 heteroatoms. The van der Waals surface area contributed by atoms with Gasteiger partial charge in [-0.25, -0.2) is 0 Å². The third-order valence-electron chi connectivity index (χ3n) is 4.18. The highest BCUT2D eigenvalue weighted by atomic mass is 14.6. The van der Waals surface area contributed by atoms with Crippen molar-refractivity contribution in [2.24, 2.45) is 11.1 Å². The molecule has 0 spiro atoms.